The van der Waals surface area contributed by atoms with Crippen LogP contribution in [0.25, 0.3) is 6.08 Å². The summed E-state index contributed by atoms with van der Waals surface area (Å²) in [5, 5.41) is 43.3. The predicted octanol–water partition coefficient (Wildman–Crippen LogP) is 5.52. The van der Waals surface area contributed by atoms with Crippen LogP contribution in [0.4, 0.5) is 11.4 Å². The van der Waals surface area contributed by atoms with Crippen LogP contribution < -0.4 is 4.90 Å². The maximum atomic E-state index is 13.6. The third kappa shape index (κ3) is 5.89. The third-order valence-corrected chi connectivity index (χ3v) is 8.29. The molecule has 4 rings (SSSR count). The number of aliphatic hydroxyl groups is 2. The molecule has 0 bridgehead atoms. The molecule has 0 radical (unpaired) electrons. The molecule has 2 aliphatic rings. The highest BCUT2D eigenvalue weighted by Crippen LogP contribution is 2.48. The van der Waals surface area contributed by atoms with Crippen molar-refractivity contribution in [1.82, 2.24) is 0 Å². The van der Waals surface area contributed by atoms with Crippen LogP contribution in [0.5, 0.6) is 5.75 Å². The first-order valence-electron chi connectivity index (χ1n) is 13.4. The monoisotopic (exact) mass is 612 g/mol. The van der Waals surface area contributed by atoms with E-state index >= 15 is 0 Å². The number of non-ortho nitro benzene ring substituents is 1. The first-order valence-corrected chi connectivity index (χ1v) is 14.1. The van der Waals surface area contributed by atoms with Crippen molar-refractivity contribution in [2.24, 2.45) is 17.8 Å². The molecule has 10 heteroatoms. The molecule has 212 valence electrons. The minimum atomic E-state index is -0.936. The highest BCUT2D eigenvalue weighted by Gasteiger charge is 2.55. The molecular formula is C30H33BrN2O7. The topological polar surface area (TPSA) is 141 Å². The number of rotatable bonds is 10. The lowest BCUT2D eigenvalue weighted by molar-refractivity contribution is -0.384. The SMILES string of the molecule is CCCC1=C([C@H](O)CC/C(C)=C/c2cc(Br)ccc2O)[C@H](CO)[C@@H]2C(=O)N(c3cccc([N+](=O)[O-])c3)C(=O)[C@@H]2C1. The van der Waals surface area contributed by atoms with Crippen LogP contribution >= 0.6 is 15.9 Å². The molecule has 0 saturated carbocycles. The highest BCUT2D eigenvalue weighted by atomic mass is 79.9. The Balaban J connectivity index is 1.61. The van der Waals surface area contributed by atoms with Crippen molar-refractivity contribution < 1.29 is 29.8 Å². The Morgan fingerprint density at radius 1 is 1.23 bits per heavy atom. The van der Waals surface area contributed by atoms with Crippen LogP contribution in [0.3, 0.4) is 0 Å². The summed E-state index contributed by atoms with van der Waals surface area (Å²) in [4.78, 5) is 38.9. The number of imide groups is 1. The minimum Gasteiger partial charge on any atom is -0.507 e. The van der Waals surface area contributed by atoms with Crippen molar-refractivity contribution in [3.8, 4) is 5.75 Å². The van der Waals surface area contributed by atoms with E-state index in [2.05, 4.69) is 15.9 Å². The van der Waals surface area contributed by atoms with Gasteiger partial charge in [-0.1, -0.05) is 52.6 Å². The fourth-order valence-corrected chi connectivity index (χ4v) is 6.38. The number of nitrogens with zero attached hydrogens (tertiary/aromatic N) is 2. The number of halogens is 1. The first-order chi connectivity index (χ1) is 19.1. The van der Waals surface area contributed by atoms with Gasteiger partial charge in [0.05, 0.1) is 35.2 Å². The Kier molecular flexibility index (Phi) is 9.22. The van der Waals surface area contributed by atoms with Gasteiger partial charge in [0.1, 0.15) is 5.75 Å². The molecule has 4 atom stereocenters. The van der Waals surface area contributed by atoms with Gasteiger partial charge in [0.25, 0.3) is 5.69 Å². The number of carbonyl (C=O) groups is 2. The smallest absolute Gasteiger partial charge is 0.271 e. The average molecular weight is 614 g/mol. The number of carbonyl (C=O) groups excluding carboxylic acids is 2. The molecule has 3 N–H and O–H groups in total. The number of hydrogen-bond donors (Lipinski definition) is 3. The number of aliphatic hydroxyl groups excluding tert-OH is 2. The van der Waals surface area contributed by atoms with Crippen LogP contribution in [0.1, 0.15) is 51.5 Å². The van der Waals surface area contributed by atoms with E-state index in [9.17, 15) is 35.0 Å². The molecular weight excluding hydrogens is 580 g/mol. The molecule has 1 aliphatic carbocycles. The Morgan fingerprint density at radius 3 is 2.65 bits per heavy atom. The summed E-state index contributed by atoms with van der Waals surface area (Å²) >= 11 is 3.40. The predicted molar refractivity (Wildman–Crippen MR) is 154 cm³/mol. The lowest BCUT2D eigenvalue weighted by atomic mass is 9.67. The van der Waals surface area contributed by atoms with Gasteiger partial charge in [-0.15, -0.1) is 0 Å². The summed E-state index contributed by atoms with van der Waals surface area (Å²) in [7, 11) is 0. The van der Waals surface area contributed by atoms with Crippen LogP contribution in [0.2, 0.25) is 0 Å². The summed E-state index contributed by atoms with van der Waals surface area (Å²) in [6.45, 7) is 3.49. The summed E-state index contributed by atoms with van der Waals surface area (Å²) in [5.74, 6) is -3.12. The normalized spacial score (nSPS) is 22.1. The molecule has 9 nitrogen and oxygen atoms in total. The van der Waals surface area contributed by atoms with Crippen LogP contribution in [0, 0.1) is 27.9 Å². The lowest BCUT2D eigenvalue weighted by Gasteiger charge is -2.36. The summed E-state index contributed by atoms with van der Waals surface area (Å²) in [6.07, 6.45) is 3.43. The Labute approximate surface area is 241 Å². The molecule has 0 unspecified atom stereocenters. The zero-order chi connectivity index (χ0) is 29.1. The Bertz CT molecular complexity index is 1390. The standard InChI is InChI=1S/C30H33BrN2O7/c1-3-5-18-14-23-28(30(38)32(29(23)37)21-6-4-7-22(15-21)33(39)40)24(16-34)27(18)26(36)10-8-17(2)12-19-13-20(31)9-11-25(19)35/h4,6-7,9,11-13,15,23-24,26,28,34-36H,3,5,8,10,14,16H2,1-2H3/b17-12+/t23-,24+,26-,28-/m1/s1. The van der Waals surface area contributed by atoms with Gasteiger partial charge in [0.15, 0.2) is 0 Å². The quantitative estimate of drug-likeness (QED) is 0.139. The first kappa shape index (κ1) is 29.6. The molecule has 0 aromatic heterocycles. The average Bonchev–Trinajstić information content (AvgIpc) is 3.17. The minimum absolute atomic E-state index is 0.131. The van der Waals surface area contributed by atoms with E-state index in [0.29, 0.717) is 30.4 Å². The van der Waals surface area contributed by atoms with Gasteiger partial charge in [-0.05, 0) is 62.4 Å². The third-order valence-electron chi connectivity index (χ3n) is 7.79. The second-order valence-electron chi connectivity index (χ2n) is 10.5. The highest BCUT2D eigenvalue weighted by molar-refractivity contribution is 9.10. The van der Waals surface area contributed by atoms with Gasteiger partial charge in [-0.25, -0.2) is 4.90 Å². The maximum Gasteiger partial charge on any atom is 0.271 e. The van der Waals surface area contributed by atoms with Gasteiger partial charge in [0.2, 0.25) is 11.8 Å². The summed E-state index contributed by atoms with van der Waals surface area (Å²) < 4.78 is 0.830. The van der Waals surface area contributed by atoms with Gasteiger partial charge >= 0.3 is 0 Å². The van der Waals surface area contributed by atoms with Gasteiger partial charge < -0.3 is 15.3 Å². The number of fused-ring (bicyclic) bond motifs is 1. The van der Waals surface area contributed by atoms with E-state index in [4.69, 9.17) is 0 Å². The van der Waals surface area contributed by atoms with Crippen molar-refractivity contribution in [2.75, 3.05) is 11.5 Å². The number of phenols is 1. The molecule has 2 aromatic rings. The maximum absolute atomic E-state index is 13.6. The number of nitro groups is 1. The number of anilines is 1. The number of benzene rings is 2. The van der Waals surface area contributed by atoms with E-state index in [-0.39, 0.29) is 23.5 Å². The van der Waals surface area contributed by atoms with Crippen molar-refractivity contribution in [1.29, 1.82) is 0 Å². The van der Waals surface area contributed by atoms with Crippen LogP contribution in [-0.4, -0.2) is 44.8 Å². The van der Waals surface area contributed by atoms with E-state index in [1.54, 1.807) is 18.2 Å². The van der Waals surface area contributed by atoms with E-state index in [1.165, 1.54) is 24.3 Å². The molecule has 1 saturated heterocycles. The van der Waals surface area contributed by atoms with Crippen molar-refractivity contribution in [3.63, 3.8) is 0 Å². The van der Waals surface area contributed by atoms with Crippen molar-refractivity contribution in [3.05, 3.63) is 79.3 Å². The van der Waals surface area contributed by atoms with E-state index < -0.39 is 47.2 Å². The van der Waals surface area contributed by atoms with E-state index in [1.807, 2.05) is 19.9 Å². The molecule has 40 heavy (non-hydrogen) atoms. The fraction of sp³-hybridized carbons (Fsp3) is 0.400. The van der Waals surface area contributed by atoms with E-state index in [0.717, 1.165) is 26.9 Å². The van der Waals surface area contributed by atoms with Crippen molar-refractivity contribution in [2.45, 2.75) is 52.1 Å². The molecule has 2 aromatic carbocycles. The number of hydrogen-bond acceptors (Lipinski definition) is 7. The number of phenolic OH excluding ortho intramolecular Hbond substituents is 1. The molecule has 2 amide bonds. The lowest BCUT2D eigenvalue weighted by Crippen LogP contribution is -2.39. The number of amides is 2. The largest absolute Gasteiger partial charge is 0.507 e. The number of allylic oxidation sites excluding steroid dienone is 2. The second kappa shape index (κ2) is 12.4. The molecule has 0 spiro atoms. The zero-order valence-corrected chi connectivity index (χ0v) is 24.0. The Morgan fingerprint density at radius 2 is 1.98 bits per heavy atom. The van der Waals surface area contributed by atoms with Gasteiger partial charge in [-0.2, -0.15) is 0 Å². The van der Waals surface area contributed by atoms with Crippen LogP contribution in [-0.2, 0) is 9.59 Å². The second-order valence-corrected chi connectivity index (χ2v) is 11.4. The molecule has 1 aliphatic heterocycles. The molecule has 1 fully saturated rings. The number of aromatic hydroxyl groups is 1. The Hall–Kier alpha value is -3.34. The summed E-state index contributed by atoms with van der Waals surface area (Å²) in [5.41, 5.74) is 2.98. The summed E-state index contributed by atoms with van der Waals surface area (Å²) in [6, 6.07) is 10.6. The van der Waals surface area contributed by atoms with Crippen molar-refractivity contribution >= 4 is 45.2 Å². The molecule has 1 heterocycles. The van der Waals surface area contributed by atoms with Gasteiger partial charge in [0, 0.05) is 28.1 Å². The van der Waals surface area contributed by atoms with Crippen LogP contribution in [0.15, 0.2) is 63.7 Å². The van der Waals surface area contributed by atoms with Gasteiger partial charge in [-0.3, -0.25) is 19.7 Å². The number of nitro benzene ring substituents is 1. The zero-order valence-electron chi connectivity index (χ0n) is 22.4. The fourth-order valence-electron chi connectivity index (χ4n) is 6.00.